The van der Waals surface area contributed by atoms with Crippen LogP contribution in [0.5, 0.6) is 11.5 Å². The van der Waals surface area contributed by atoms with E-state index in [-0.39, 0.29) is 30.7 Å². The summed E-state index contributed by atoms with van der Waals surface area (Å²) >= 11 is 0. The molecule has 0 aliphatic carbocycles. The van der Waals surface area contributed by atoms with E-state index in [1.807, 2.05) is 13.0 Å². The number of carbonyl (C=O) groups is 1. The molecule has 0 aromatic heterocycles. The lowest BCUT2D eigenvalue weighted by Gasteiger charge is -2.10. The Morgan fingerprint density at radius 1 is 1.44 bits per heavy atom. The van der Waals surface area contributed by atoms with E-state index in [4.69, 9.17) is 9.84 Å². The monoisotopic (exact) mass is 252 g/mol. The lowest BCUT2D eigenvalue weighted by molar-refractivity contribution is -0.120. The summed E-state index contributed by atoms with van der Waals surface area (Å²) in [4.78, 5) is 11.1. The van der Waals surface area contributed by atoms with Crippen LogP contribution in [0.4, 0.5) is 0 Å². The number of aromatic hydroxyl groups is 1. The van der Waals surface area contributed by atoms with Gasteiger partial charge in [0.25, 0.3) is 0 Å². The zero-order valence-corrected chi connectivity index (χ0v) is 10.8. The second-order valence-electron chi connectivity index (χ2n) is 4.42. The molecule has 0 spiro atoms. The molecule has 4 heteroatoms. The fourth-order valence-electron chi connectivity index (χ4n) is 1.57. The maximum absolute atomic E-state index is 11.1. The van der Waals surface area contributed by atoms with Crippen molar-refractivity contribution in [3.8, 4) is 11.5 Å². The fourth-order valence-corrected chi connectivity index (χ4v) is 1.57. The Morgan fingerprint density at radius 3 is 2.78 bits per heavy atom. The molecule has 0 aliphatic rings. The van der Waals surface area contributed by atoms with Crippen LogP contribution in [0, 0.1) is 5.92 Å². The predicted octanol–water partition coefficient (Wildman–Crippen LogP) is 1.92. The van der Waals surface area contributed by atoms with E-state index in [1.54, 1.807) is 19.1 Å². The average Bonchev–Trinajstić information content (AvgIpc) is 2.35. The molecule has 0 saturated heterocycles. The van der Waals surface area contributed by atoms with Crippen LogP contribution in [-0.4, -0.2) is 29.2 Å². The molecule has 0 unspecified atom stereocenters. The molecule has 1 aromatic carbocycles. The second-order valence-corrected chi connectivity index (χ2v) is 4.42. The van der Waals surface area contributed by atoms with Gasteiger partial charge < -0.3 is 14.9 Å². The van der Waals surface area contributed by atoms with Crippen LogP contribution in [0.2, 0.25) is 0 Å². The van der Waals surface area contributed by atoms with Crippen molar-refractivity contribution in [2.75, 3.05) is 13.2 Å². The third-order valence-electron chi connectivity index (χ3n) is 2.93. The second kappa shape index (κ2) is 7.01. The zero-order valence-electron chi connectivity index (χ0n) is 10.8. The maximum Gasteiger partial charge on any atom is 0.161 e. The van der Waals surface area contributed by atoms with Crippen molar-refractivity contribution in [1.82, 2.24) is 0 Å². The zero-order chi connectivity index (χ0) is 13.5. The lowest BCUT2D eigenvalue weighted by atomic mass is 9.98. The van der Waals surface area contributed by atoms with Gasteiger partial charge >= 0.3 is 0 Å². The third-order valence-corrected chi connectivity index (χ3v) is 2.93. The molecule has 1 rings (SSSR count). The van der Waals surface area contributed by atoms with Gasteiger partial charge in [0.2, 0.25) is 0 Å². The van der Waals surface area contributed by atoms with Gasteiger partial charge in [-0.15, -0.1) is 0 Å². The number of phenolic OH excluding ortho intramolecular Hbond substituents is 1. The molecule has 0 saturated carbocycles. The number of Topliss-reactive ketones (excluding diaryl/α,β-unsaturated/α-hetero) is 1. The van der Waals surface area contributed by atoms with Gasteiger partial charge in [-0.3, -0.25) is 4.79 Å². The molecule has 100 valence electrons. The SMILES string of the molecule is CC(=O)[C@@H](C)CCc1ccc(O)c(OCCO)c1. The summed E-state index contributed by atoms with van der Waals surface area (Å²) in [7, 11) is 0. The van der Waals surface area contributed by atoms with Crippen molar-refractivity contribution in [2.24, 2.45) is 5.92 Å². The Labute approximate surface area is 107 Å². The highest BCUT2D eigenvalue weighted by atomic mass is 16.5. The summed E-state index contributed by atoms with van der Waals surface area (Å²) < 4.78 is 5.21. The highest BCUT2D eigenvalue weighted by Gasteiger charge is 2.09. The van der Waals surface area contributed by atoms with Crippen molar-refractivity contribution in [3.05, 3.63) is 23.8 Å². The standard InChI is InChI=1S/C14H20O4/c1-10(11(2)16)3-4-12-5-6-13(17)14(9-12)18-8-7-15/h5-6,9-10,15,17H,3-4,7-8H2,1-2H3/t10-/m0/s1. The summed E-state index contributed by atoms with van der Waals surface area (Å²) in [5, 5.41) is 18.2. The van der Waals surface area contributed by atoms with Gasteiger partial charge in [-0.25, -0.2) is 0 Å². The van der Waals surface area contributed by atoms with E-state index >= 15 is 0 Å². The van der Waals surface area contributed by atoms with Crippen LogP contribution >= 0.6 is 0 Å². The van der Waals surface area contributed by atoms with Gasteiger partial charge in [0.05, 0.1) is 6.61 Å². The molecule has 0 amide bonds. The van der Waals surface area contributed by atoms with Crippen molar-refractivity contribution in [3.63, 3.8) is 0 Å². The number of rotatable bonds is 7. The van der Waals surface area contributed by atoms with E-state index in [0.29, 0.717) is 5.75 Å². The first-order valence-electron chi connectivity index (χ1n) is 6.10. The first-order chi connectivity index (χ1) is 8.54. The first-order valence-corrected chi connectivity index (χ1v) is 6.10. The van der Waals surface area contributed by atoms with Crippen molar-refractivity contribution >= 4 is 5.78 Å². The van der Waals surface area contributed by atoms with Gasteiger partial charge in [0, 0.05) is 5.92 Å². The largest absolute Gasteiger partial charge is 0.504 e. The van der Waals surface area contributed by atoms with Gasteiger partial charge in [0.1, 0.15) is 12.4 Å². The molecule has 0 aliphatic heterocycles. The summed E-state index contributed by atoms with van der Waals surface area (Å²) in [5.41, 5.74) is 1.01. The summed E-state index contributed by atoms with van der Waals surface area (Å²) in [5.74, 6) is 0.662. The van der Waals surface area contributed by atoms with E-state index in [0.717, 1.165) is 18.4 Å². The Bertz CT molecular complexity index is 401. The van der Waals surface area contributed by atoms with Gasteiger partial charge in [-0.1, -0.05) is 13.0 Å². The number of carbonyl (C=O) groups excluding carboxylic acids is 1. The Morgan fingerprint density at radius 2 is 2.17 bits per heavy atom. The van der Waals surface area contributed by atoms with Gasteiger partial charge in [-0.2, -0.15) is 0 Å². The quantitative estimate of drug-likeness (QED) is 0.778. The number of aryl methyl sites for hydroxylation is 1. The van der Waals surface area contributed by atoms with Crippen LogP contribution in [0.1, 0.15) is 25.8 Å². The van der Waals surface area contributed by atoms with E-state index < -0.39 is 0 Å². The average molecular weight is 252 g/mol. The number of phenols is 1. The topological polar surface area (TPSA) is 66.8 Å². The minimum Gasteiger partial charge on any atom is -0.504 e. The number of hydrogen-bond acceptors (Lipinski definition) is 4. The minimum atomic E-state index is -0.0922. The molecule has 0 bridgehead atoms. The highest BCUT2D eigenvalue weighted by molar-refractivity contribution is 5.77. The van der Waals surface area contributed by atoms with Crippen LogP contribution in [0.3, 0.4) is 0 Å². The van der Waals surface area contributed by atoms with E-state index in [9.17, 15) is 9.90 Å². The van der Waals surface area contributed by atoms with Crippen molar-refractivity contribution in [2.45, 2.75) is 26.7 Å². The van der Waals surface area contributed by atoms with Gasteiger partial charge in [-0.05, 0) is 37.5 Å². The molecule has 0 fully saturated rings. The third kappa shape index (κ3) is 4.37. The van der Waals surface area contributed by atoms with E-state index in [2.05, 4.69) is 0 Å². The molecule has 0 radical (unpaired) electrons. The Hall–Kier alpha value is -1.55. The fraction of sp³-hybridized carbons (Fsp3) is 0.500. The molecule has 1 aromatic rings. The van der Waals surface area contributed by atoms with Crippen LogP contribution < -0.4 is 4.74 Å². The molecule has 18 heavy (non-hydrogen) atoms. The normalized spacial score (nSPS) is 12.2. The Kier molecular flexibility index (Phi) is 5.65. The molecule has 0 heterocycles. The molecule has 2 N–H and O–H groups in total. The molecule has 1 atom stereocenters. The smallest absolute Gasteiger partial charge is 0.161 e. The van der Waals surface area contributed by atoms with Gasteiger partial charge in [0.15, 0.2) is 11.5 Å². The number of aliphatic hydroxyl groups excluding tert-OH is 1. The number of ether oxygens (including phenoxy) is 1. The van der Waals surface area contributed by atoms with Crippen LogP contribution in [0.15, 0.2) is 18.2 Å². The number of benzene rings is 1. The number of hydrogen-bond donors (Lipinski definition) is 2. The molecular formula is C14H20O4. The number of aliphatic hydroxyl groups is 1. The van der Waals surface area contributed by atoms with Crippen molar-refractivity contribution in [1.29, 1.82) is 0 Å². The lowest BCUT2D eigenvalue weighted by Crippen LogP contribution is -2.07. The molecule has 4 nitrogen and oxygen atoms in total. The summed E-state index contributed by atoms with van der Waals surface area (Å²) in [6.45, 7) is 3.56. The van der Waals surface area contributed by atoms with E-state index in [1.165, 1.54) is 0 Å². The first kappa shape index (κ1) is 14.5. The summed E-state index contributed by atoms with van der Waals surface area (Å²) in [6.07, 6.45) is 1.54. The molecular weight excluding hydrogens is 232 g/mol. The predicted molar refractivity (Wildman–Crippen MR) is 68.9 cm³/mol. The minimum absolute atomic E-state index is 0.0422. The Balaban J connectivity index is 2.63. The maximum atomic E-state index is 11.1. The highest BCUT2D eigenvalue weighted by Crippen LogP contribution is 2.27. The van der Waals surface area contributed by atoms with Crippen LogP contribution in [0.25, 0.3) is 0 Å². The van der Waals surface area contributed by atoms with Crippen molar-refractivity contribution < 1.29 is 19.7 Å². The number of ketones is 1. The van der Waals surface area contributed by atoms with Crippen LogP contribution in [-0.2, 0) is 11.2 Å². The summed E-state index contributed by atoms with van der Waals surface area (Å²) in [6, 6.07) is 5.13.